The average molecular weight is 331 g/mol. The van der Waals surface area contributed by atoms with E-state index < -0.39 is 16.9 Å². The first-order valence-electron chi connectivity index (χ1n) is 7.14. The zero-order valence-corrected chi connectivity index (χ0v) is 16.1. The predicted octanol–water partition coefficient (Wildman–Crippen LogP) is 2.78. The van der Waals surface area contributed by atoms with Crippen molar-refractivity contribution in [2.24, 2.45) is 0 Å². The molecule has 0 bridgehead atoms. The van der Waals surface area contributed by atoms with Crippen LogP contribution in [0.2, 0.25) is 26.2 Å². The van der Waals surface area contributed by atoms with Crippen LogP contribution < -0.4 is 10.4 Å². The summed E-state index contributed by atoms with van der Waals surface area (Å²) in [6, 6.07) is 21.2. The molecule has 0 atom stereocenters. The van der Waals surface area contributed by atoms with Gasteiger partial charge in [0.05, 0.1) is 0 Å². The van der Waals surface area contributed by atoms with Crippen LogP contribution in [0.1, 0.15) is 0 Å². The molecule has 0 amide bonds. The van der Waals surface area contributed by atoms with Gasteiger partial charge >= 0.3 is 8.56 Å². The van der Waals surface area contributed by atoms with E-state index in [1.54, 1.807) is 0 Å². The van der Waals surface area contributed by atoms with Crippen LogP contribution in [0.4, 0.5) is 0 Å². The number of hydrogen-bond acceptors (Lipinski definition) is 2. The van der Waals surface area contributed by atoms with Crippen molar-refractivity contribution in [2.75, 3.05) is 0 Å². The maximum Gasteiger partial charge on any atom is 0.311 e. The van der Waals surface area contributed by atoms with Gasteiger partial charge in [-0.25, -0.2) is 0 Å². The van der Waals surface area contributed by atoms with Gasteiger partial charge in [0.2, 0.25) is 18.1 Å². The second-order valence-electron chi connectivity index (χ2n) is 5.57. The van der Waals surface area contributed by atoms with E-state index >= 15 is 0 Å². The van der Waals surface area contributed by atoms with Crippen molar-refractivity contribution in [3.8, 4) is 0 Å². The van der Waals surface area contributed by atoms with Crippen molar-refractivity contribution in [3.63, 3.8) is 0 Å². The molecular formula is C16H22O2Si3. The molecule has 0 fully saturated rings. The highest BCUT2D eigenvalue weighted by atomic mass is 28.5. The fourth-order valence-electron chi connectivity index (χ4n) is 2.56. The van der Waals surface area contributed by atoms with E-state index in [4.69, 9.17) is 8.23 Å². The SMILES string of the molecule is C[Si]O[Si](C)(C)O[Si](C)(c1ccccc1)c1ccccc1. The van der Waals surface area contributed by atoms with Gasteiger partial charge in [-0.05, 0) is 36.6 Å². The lowest BCUT2D eigenvalue weighted by atomic mass is 10.4. The van der Waals surface area contributed by atoms with Crippen molar-refractivity contribution in [3.05, 3.63) is 60.7 Å². The quantitative estimate of drug-likeness (QED) is 0.758. The fraction of sp³-hybridized carbons (Fsp3) is 0.250. The molecule has 0 unspecified atom stereocenters. The Hall–Kier alpha value is -0.989. The summed E-state index contributed by atoms with van der Waals surface area (Å²) < 4.78 is 12.6. The summed E-state index contributed by atoms with van der Waals surface area (Å²) in [6.07, 6.45) is 0. The number of hydrogen-bond donors (Lipinski definition) is 0. The van der Waals surface area contributed by atoms with Gasteiger partial charge in [-0.3, -0.25) is 0 Å². The van der Waals surface area contributed by atoms with Crippen LogP contribution in [0.5, 0.6) is 0 Å². The smallest absolute Gasteiger partial charge is 0.311 e. The Balaban J connectivity index is 2.45. The average Bonchev–Trinajstić information content (AvgIpc) is 2.48. The predicted molar refractivity (Wildman–Crippen MR) is 95.0 cm³/mol. The van der Waals surface area contributed by atoms with Crippen LogP contribution in [0.15, 0.2) is 60.7 Å². The first kappa shape index (κ1) is 16.4. The zero-order chi connectivity index (χ0) is 15.3. The van der Waals surface area contributed by atoms with Crippen LogP contribution >= 0.6 is 0 Å². The summed E-state index contributed by atoms with van der Waals surface area (Å²) in [5, 5.41) is 2.58. The second-order valence-corrected chi connectivity index (χ2v) is 13.6. The molecule has 0 saturated heterocycles. The van der Waals surface area contributed by atoms with Gasteiger partial charge in [0.15, 0.2) is 0 Å². The van der Waals surface area contributed by atoms with Gasteiger partial charge < -0.3 is 8.23 Å². The van der Waals surface area contributed by atoms with Crippen LogP contribution in [0.25, 0.3) is 0 Å². The summed E-state index contributed by atoms with van der Waals surface area (Å²) >= 11 is 0. The third-order valence-electron chi connectivity index (χ3n) is 3.45. The van der Waals surface area contributed by atoms with Gasteiger partial charge in [0.25, 0.3) is 0 Å². The summed E-state index contributed by atoms with van der Waals surface area (Å²) in [6.45, 7) is 8.61. The fourth-order valence-corrected chi connectivity index (χ4v) is 11.9. The molecule has 2 aromatic carbocycles. The first-order chi connectivity index (χ1) is 9.98. The molecule has 5 heteroatoms. The first-order valence-corrected chi connectivity index (χ1v) is 13.8. The third kappa shape index (κ3) is 4.02. The molecule has 0 spiro atoms. The van der Waals surface area contributed by atoms with E-state index in [9.17, 15) is 0 Å². The Morgan fingerprint density at radius 2 is 1.19 bits per heavy atom. The Labute approximate surface area is 132 Å². The molecule has 0 aliphatic rings. The Bertz CT molecular complexity index is 519. The molecule has 0 N–H and O–H groups in total. The molecule has 0 aliphatic heterocycles. The molecule has 0 heterocycles. The number of benzene rings is 2. The van der Waals surface area contributed by atoms with E-state index in [0.717, 1.165) is 0 Å². The lowest BCUT2D eigenvalue weighted by molar-refractivity contribution is 0.418. The Morgan fingerprint density at radius 3 is 1.57 bits per heavy atom. The highest BCUT2D eigenvalue weighted by Gasteiger charge is 2.40. The Morgan fingerprint density at radius 1 is 0.762 bits per heavy atom. The normalized spacial score (nSPS) is 12.4. The molecule has 2 radical (unpaired) electrons. The van der Waals surface area contributed by atoms with E-state index in [1.807, 2.05) is 0 Å². The maximum absolute atomic E-state index is 6.70. The highest BCUT2D eigenvalue weighted by Crippen LogP contribution is 2.16. The Kier molecular flexibility index (Phi) is 5.34. The second kappa shape index (κ2) is 6.85. The van der Waals surface area contributed by atoms with Crippen molar-refractivity contribution < 1.29 is 8.23 Å². The lowest BCUT2D eigenvalue weighted by Crippen LogP contribution is -2.63. The van der Waals surface area contributed by atoms with Crippen molar-refractivity contribution >= 4 is 37.0 Å². The minimum Gasteiger partial charge on any atom is -0.437 e. The summed E-state index contributed by atoms with van der Waals surface area (Å²) in [7, 11) is -3.89. The largest absolute Gasteiger partial charge is 0.437 e. The van der Waals surface area contributed by atoms with E-state index in [2.05, 4.69) is 86.9 Å². The zero-order valence-electron chi connectivity index (χ0n) is 13.1. The number of rotatable bonds is 6. The van der Waals surface area contributed by atoms with Gasteiger partial charge in [0.1, 0.15) is 0 Å². The molecule has 0 aliphatic carbocycles. The molecule has 110 valence electrons. The van der Waals surface area contributed by atoms with Crippen molar-refractivity contribution in [1.29, 1.82) is 0 Å². The molecular weight excluding hydrogens is 308 g/mol. The van der Waals surface area contributed by atoms with Crippen molar-refractivity contribution in [1.82, 2.24) is 0 Å². The third-order valence-corrected chi connectivity index (χ3v) is 12.7. The molecule has 2 aromatic rings. The van der Waals surface area contributed by atoms with Gasteiger partial charge in [0, 0.05) is 0 Å². The minimum atomic E-state index is -2.23. The standard InChI is InChI=1S/C16H22O2Si3/c1-19-17-20(2,3)18-21(4,15-11-7-5-8-12-15)16-13-9-6-10-14-16/h5-14H,1-4H3. The minimum absolute atomic E-state index is 0.469. The van der Waals surface area contributed by atoms with Gasteiger partial charge in [-0.1, -0.05) is 60.7 Å². The van der Waals surface area contributed by atoms with Crippen LogP contribution in [0.3, 0.4) is 0 Å². The molecule has 0 saturated carbocycles. The van der Waals surface area contributed by atoms with E-state index in [-0.39, 0.29) is 0 Å². The molecule has 0 aromatic heterocycles. The highest BCUT2D eigenvalue weighted by molar-refractivity contribution is 7.01. The van der Waals surface area contributed by atoms with E-state index in [1.165, 1.54) is 10.4 Å². The summed E-state index contributed by atoms with van der Waals surface area (Å²) in [4.78, 5) is 0. The topological polar surface area (TPSA) is 18.5 Å². The van der Waals surface area contributed by atoms with Crippen molar-refractivity contribution in [2.45, 2.75) is 26.2 Å². The monoisotopic (exact) mass is 330 g/mol. The van der Waals surface area contributed by atoms with Crippen LogP contribution in [-0.4, -0.2) is 26.6 Å². The van der Waals surface area contributed by atoms with E-state index in [0.29, 0.717) is 9.76 Å². The van der Waals surface area contributed by atoms with Gasteiger partial charge in [-0.15, -0.1) is 0 Å². The molecule has 2 rings (SSSR count). The lowest BCUT2D eigenvalue weighted by Gasteiger charge is -2.36. The van der Waals surface area contributed by atoms with Crippen LogP contribution in [-0.2, 0) is 8.23 Å². The summed E-state index contributed by atoms with van der Waals surface area (Å²) in [5.74, 6) is 0. The maximum atomic E-state index is 6.70. The summed E-state index contributed by atoms with van der Waals surface area (Å²) in [5.41, 5.74) is 0. The van der Waals surface area contributed by atoms with Crippen LogP contribution in [0, 0.1) is 0 Å². The van der Waals surface area contributed by atoms with Gasteiger partial charge in [-0.2, -0.15) is 0 Å². The molecule has 2 nitrogen and oxygen atoms in total. The molecule has 21 heavy (non-hydrogen) atoms.